The maximum atomic E-state index is 13.2. The Morgan fingerprint density at radius 1 is 1.22 bits per heavy atom. The van der Waals surface area contributed by atoms with Crippen LogP contribution in [-0.2, 0) is 4.79 Å². The second kappa shape index (κ2) is 8.84. The summed E-state index contributed by atoms with van der Waals surface area (Å²) in [5.74, 6) is -1.73. The number of nitrogens with one attached hydrogen (secondary N) is 2. The highest BCUT2D eigenvalue weighted by molar-refractivity contribution is 7.09. The molecule has 1 aromatic heterocycles. The fourth-order valence-electron chi connectivity index (χ4n) is 3.51. The minimum atomic E-state index is -4.23. The number of carbonyl (C=O) groups is 1. The Bertz CT molecular complexity index is 722. The van der Waals surface area contributed by atoms with E-state index in [4.69, 9.17) is 0 Å². The van der Waals surface area contributed by atoms with Crippen LogP contribution in [0.2, 0.25) is 0 Å². The van der Waals surface area contributed by atoms with Crippen LogP contribution >= 0.6 is 11.3 Å². The molecule has 0 radical (unpaired) electrons. The van der Waals surface area contributed by atoms with Crippen molar-refractivity contribution >= 4 is 17.2 Å². The summed E-state index contributed by atoms with van der Waals surface area (Å²) in [5.41, 5.74) is 0.881. The van der Waals surface area contributed by atoms with Crippen LogP contribution in [0.25, 0.3) is 0 Å². The van der Waals surface area contributed by atoms with Gasteiger partial charge in [0.2, 0.25) is 5.91 Å². The number of halogens is 3. The first-order valence-electron chi connectivity index (χ1n) is 8.99. The summed E-state index contributed by atoms with van der Waals surface area (Å²) < 4.78 is 39.6. The molecule has 27 heavy (non-hydrogen) atoms. The summed E-state index contributed by atoms with van der Waals surface area (Å²) in [6.07, 6.45) is -0.689. The van der Waals surface area contributed by atoms with Crippen LogP contribution in [0.3, 0.4) is 0 Å². The van der Waals surface area contributed by atoms with Crippen LogP contribution in [0.15, 0.2) is 41.9 Å². The fourth-order valence-corrected chi connectivity index (χ4v) is 4.23. The number of amides is 1. The first kappa shape index (κ1) is 19.8. The molecule has 2 N–H and O–H groups in total. The lowest BCUT2D eigenvalue weighted by Crippen LogP contribution is -2.48. The van der Waals surface area contributed by atoms with Crippen LogP contribution in [-0.4, -0.2) is 29.7 Å². The lowest BCUT2D eigenvalue weighted by molar-refractivity contribution is -0.189. The number of thiazole rings is 1. The van der Waals surface area contributed by atoms with Gasteiger partial charge in [-0.15, -0.1) is 11.3 Å². The Labute approximate surface area is 160 Å². The van der Waals surface area contributed by atoms with Crippen molar-refractivity contribution < 1.29 is 18.0 Å². The van der Waals surface area contributed by atoms with Gasteiger partial charge in [0.1, 0.15) is 11.0 Å². The number of carbonyl (C=O) groups excluding carboxylic acids is 1. The predicted octanol–water partition coefficient (Wildman–Crippen LogP) is 4.06. The van der Waals surface area contributed by atoms with Crippen molar-refractivity contribution in [3.05, 3.63) is 52.5 Å². The van der Waals surface area contributed by atoms with Crippen molar-refractivity contribution in [2.75, 3.05) is 6.54 Å². The molecule has 146 valence electrons. The van der Waals surface area contributed by atoms with Crippen LogP contribution in [0.5, 0.6) is 0 Å². The van der Waals surface area contributed by atoms with Crippen molar-refractivity contribution in [1.29, 1.82) is 0 Å². The lowest BCUT2D eigenvalue weighted by atomic mass is 9.84. The first-order valence-corrected chi connectivity index (χ1v) is 9.87. The van der Waals surface area contributed by atoms with Crippen LogP contribution in [0, 0.1) is 5.92 Å². The minimum absolute atomic E-state index is 0.120. The van der Waals surface area contributed by atoms with Gasteiger partial charge in [0.15, 0.2) is 0 Å². The zero-order valence-corrected chi connectivity index (χ0v) is 15.5. The third-order valence-electron chi connectivity index (χ3n) is 4.85. The van der Waals surface area contributed by atoms with Crippen LogP contribution < -0.4 is 10.6 Å². The van der Waals surface area contributed by atoms with E-state index in [1.165, 1.54) is 11.3 Å². The van der Waals surface area contributed by atoms with E-state index in [1.54, 1.807) is 6.20 Å². The number of aromatic nitrogens is 1. The van der Waals surface area contributed by atoms with Gasteiger partial charge in [-0.2, -0.15) is 13.2 Å². The summed E-state index contributed by atoms with van der Waals surface area (Å²) in [5, 5.41) is 8.29. The van der Waals surface area contributed by atoms with E-state index in [0.29, 0.717) is 12.8 Å². The predicted molar refractivity (Wildman–Crippen MR) is 98.3 cm³/mol. The second-order valence-electron chi connectivity index (χ2n) is 6.70. The Balaban J connectivity index is 1.63. The SMILES string of the molecule is O=C(CN[C@@H]1CCCC[C@H]1C(F)(F)F)N[C@H](c1ccccc1)c1nccs1. The number of hydrogen-bond donors (Lipinski definition) is 2. The van der Waals surface area contributed by atoms with Crippen molar-refractivity contribution in [3.8, 4) is 0 Å². The van der Waals surface area contributed by atoms with Crippen LogP contribution in [0.1, 0.15) is 42.3 Å². The molecule has 1 amide bonds. The number of hydrogen-bond acceptors (Lipinski definition) is 4. The molecule has 2 aromatic rings. The van der Waals surface area contributed by atoms with Gasteiger partial charge >= 0.3 is 6.18 Å². The van der Waals surface area contributed by atoms with Gasteiger partial charge in [0.05, 0.1) is 12.5 Å². The summed E-state index contributed by atoms with van der Waals surface area (Å²) >= 11 is 1.42. The van der Waals surface area contributed by atoms with E-state index in [9.17, 15) is 18.0 Å². The monoisotopic (exact) mass is 397 g/mol. The first-order chi connectivity index (χ1) is 12.9. The summed E-state index contributed by atoms with van der Waals surface area (Å²) in [4.78, 5) is 16.7. The van der Waals surface area contributed by atoms with Gasteiger partial charge in [-0.3, -0.25) is 4.79 Å². The van der Waals surface area contributed by atoms with Crippen molar-refractivity contribution in [2.45, 2.75) is 43.9 Å². The smallest absolute Gasteiger partial charge is 0.342 e. The van der Waals surface area contributed by atoms with E-state index >= 15 is 0 Å². The van der Waals surface area contributed by atoms with Crippen molar-refractivity contribution in [2.24, 2.45) is 5.92 Å². The Hall–Kier alpha value is -1.93. The van der Waals surface area contributed by atoms with Gasteiger partial charge in [0.25, 0.3) is 0 Å². The lowest BCUT2D eigenvalue weighted by Gasteiger charge is -2.33. The fraction of sp³-hybridized carbons (Fsp3) is 0.474. The molecule has 3 rings (SSSR count). The molecule has 0 unspecified atom stereocenters. The molecule has 1 aliphatic carbocycles. The quantitative estimate of drug-likeness (QED) is 0.773. The molecule has 1 heterocycles. The van der Waals surface area contributed by atoms with Gasteiger partial charge in [0, 0.05) is 17.6 Å². The molecular weight excluding hydrogens is 375 g/mol. The van der Waals surface area contributed by atoms with Crippen molar-refractivity contribution in [1.82, 2.24) is 15.6 Å². The number of benzene rings is 1. The van der Waals surface area contributed by atoms with Gasteiger partial charge < -0.3 is 10.6 Å². The molecular formula is C19H22F3N3OS. The van der Waals surface area contributed by atoms with Gasteiger partial charge in [-0.05, 0) is 18.4 Å². The van der Waals surface area contributed by atoms with E-state index in [1.807, 2.05) is 35.7 Å². The molecule has 1 fully saturated rings. The van der Waals surface area contributed by atoms with Crippen LogP contribution in [0.4, 0.5) is 13.2 Å². The standard InChI is InChI=1S/C19H22F3N3OS/c20-19(21,22)14-8-4-5-9-15(14)24-12-16(26)25-17(18-23-10-11-27-18)13-6-2-1-3-7-13/h1-3,6-7,10-11,14-15,17,24H,4-5,8-9,12H2,(H,25,26)/t14-,15-,17-/m1/s1. The summed E-state index contributed by atoms with van der Waals surface area (Å²) in [6.45, 7) is -0.147. The molecule has 4 nitrogen and oxygen atoms in total. The molecule has 0 spiro atoms. The molecule has 0 aliphatic heterocycles. The normalized spacial score (nSPS) is 21.6. The zero-order chi connectivity index (χ0) is 19.3. The maximum absolute atomic E-state index is 13.2. The molecule has 8 heteroatoms. The Kier molecular flexibility index (Phi) is 6.49. The summed E-state index contributed by atoms with van der Waals surface area (Å²) in [7, 11) is 0. The van der Waals surface area contributed by atoms with Gasteiger partial charge in [-0.25, -0.2) is 4.98 Å². The molecule has 3 atom stereocenters. The van der Waals surface area contributed by atoms with Gasteiger partial charge in [-0.1, -0.05) is 43.2 Å². The van der Waals surface area contributed by atoms with E-state index in [0.717, 1.165) is 17.0 Å². The third kappa shape index (κ3) is 5.29. The number of rotatable bonds is 6. The molecule has 1 saturated carbocycles. The summed E-state index contributed by atoms with van der Waals surface area (Å²) in [6, 6.07) is 8.28. The maximum Gasteiger partial charge on any atom is 0.393 e. The topological polar surface area (TPSA) is 54.0 Å². The Morgan fingerprint density at radius 2 is 1.96 bits per heavy atom. The zero-order valence-electron chi connectivity index (χ0n) is 14.7. The van der Waals surface area contributed by atoms with E-state index in [2.05, 4.69) is 15.6 Å². The highest BCUT2D eigenvalue weighted by Gasteiger charge is 2.45. The van der Waals surface area contributed by atoms with Crippen molar-refractivity contribution in [3.63, 3.8) is 0 Å². The van der Waals surface area contributed by atoms with E-state index in [-0.39, 0.29) is 18.9 Å². The molecule has 1 aromatic carbocycles. The van der Waals surface area contributed by atoms with E-state index < -0.39 is 24.2 Å². The number of nitrogens with zero attached hydrogens (tertiary/aromatic N) is 1. The average Bonchev–Trinajstić information content (AvgIpc) is 3.19. The average molecular weight is 397 g/mol. The second-order valence-corrected chi connectivity index (χ2v) is 7.63. The molecule has 1 aliphatic rings. The third-order valence-corrected chi connectivity index (χ3v) is 5.69. The molecule has 0 bridgehead atoms. The minimum Gasteiger partial charge on any atom is -0.342 e. The molecule has 0 saturated heterocycles. The largest absolute Gasteiger partial charge is 0.393 e. The number of alkyl halides is 3. The Morgan fingerprint density at radius 3 is 2.63 bits per heavy atom. The highest BCUT2D eigenvalue weighted by Crippen LogP contribution is 2.37. The highest BCUT2D eigenvalue weighted by atomic mass is 32.1.